The van der Waals surface area contributed by atoms with E-state index in [1.807, 2.05) is 31.2 Å². The number of aliphatic hydroxyl groups is 1. The van der Waals surface area contributed by atoms with Gasteiger partial charge < -0.3 is 9.84 Å². The van der Waals surface area contributed by atoms with Gasteiger partial charge in [0.2, 0.25) is 0 Å². The third-order valence-corrected chi connectivity index (χ3v) is 3.66. The molecule has 2 nitrogen and oxygen atoms in total. The Kier molecular flexibility index (Phi) is 5.46. The fourth-order valence-corrected chi connectivity index (χ4v) is 2.62. The Morgan fingerprint density at radius 3 is 2.89 bits per heavy atom. The van der Waals surface area contributed by atoms with Gasteiger partial charge in [-0.05, 0) is 55.9 Å². The van der Waals surface area contributed by atoms with E-state index in [-0.39, 0.29) is 0 Å². The van der Waals surface area contributed by atoms with Crippen molar-refractivity contribution in [2.45, 2.75) is 51.6 Å². The van der Waals surface area contributed by atoms with Crippen LogP contribution in [0.25, 0.3) is 0 Å². The first-order valence-electron chi connectivity index (χ1n) is 7.41. The second-order valence-electron chi connectivity index (χ2n) is 5.14. The summed E-state index contributed by atoms with van der Waals surface area (Å²) in [5.74, 6) is 0.838. The Balaban J connectivity index is 2.12. The largest absolute Gasteiger partial charge is 0.494 e. The van der Waals surface area contributed by atoms with E-state index < -0.39 is 6.10 Å². The Labute approximate surface area is 116 Å². The van der Waals surface area contributed by atoms with Gasteiger partial charge in [0.25, 0.3) is 0 Å². The second-order valence-corrected chi connectivity index (χ2v) is 5.14. The van der Waals surface area contributed by atoms with Gasteiger partial charge in [-0.1, -0.05) is 31.1 Å². The highest BCUT2D eigenvalue weighted by Gasteiger charge is 2.14. The molecule has 1 aliphatic rings. The predicted octanol–water partition coefficient (Wildman–Crippen LogP) is 4.40. The van der Waals surface area contributed by atoms with Crippen LogP contribution in [0.4, 0.5) is 0 Å². The molecule has 0 aromatic heterocycles. The van der Waals surface area contributed by atoms with Gasteiger partial charge in [-0.25, -0.2) is 0 Å². The Hall–Kier alpha value is -1.28. The molecule has 0 aliphatic heterocycles. The molecule has 0 spiro atoms. The molecule has 0 saturated carbocycles. The Bertz CT molecular complexity index is 423. The third-order valence-electron chi connectivity index (χ3n) is 3.66. The van der Waals surface area contributed by atoms with Crippen LogP contribution in [-0.4, -0.2) is 11.7 Å². The fourth-order valence-electron chi connectivity index (χ4n) is 2.62. The Morgan fingerprint density at radius 2 is 2.05 bits per heavy atom. The first kappa shape index (κ1) is 14.1. The normalized spacial score (nSPS) is 20.8. The minimum absolute atomic E-state index is 0.474. The molecule has 1 aromatic rings. The lowest BCUT2D eigenvalue weighted by molar-refractivity contribution is 0.208. The van der Waals surface area contributed by atoms with Crippen molar-refractivity contribution in [1.82, 2.24) is 0 Å². The highest BCUT2D eigenvalue weighted by molar-refractivity contribution is 5.33. The third kappa shape index (κ3) is 4.10. The van der Waals surface area contributed by atoms with Gasteiger partial charge in [0.1, 0.15) is 11.9 Å². The number of rotatable bonds is 4. The zero-order valence-electron chi connectivity index (χ0n) is 11.8. The van der Waals surface area contributed by atoms with Gasteiger partial charge in [0, 0.05) is 0 Å². The van der Waals surface area contributed by atoms with E-state index >= 15 is 0 Å². The Morgan fingerprint density at radius 1 is 1.21 bits per heavy atom. The van der Waals surface area contributed by atoms with E-state index in [4.69, 9.17) is 4.74 Å². The molecule has 1 unspecified atom stereocenters. The minimum atomic E-state index is -0.474. The zero-order valence-corrected chi connectivity index (χ0v) is 11.8. The van der Waals surface area contributed by atoms with E-state index in [0.717, 1.165) is 24.2 Å². The highest BCUT2D eigenvalue weighted by atomic mass is 16.5. The van der Waals surface area contributed by atoms with Crippen LogP contribution >= 0.6 is 0 Å². The number of ether oxygens (including phenoxy) is 1. The summed E-state index contributed by atoms with van der Waals surface area (Å²) in [6.07, 6.45) is 8.90. The van der Waals surface area contributed by atoms with Crippen LogP contribution in [0, 0.1) is 0 Å². The number of aliphatic hydroxyl groups excluding tert-OH is 1. The van der Waals surface area contributed by atoms with Crippen LogP contribution < -0.4 is 4.74 Å². The SMILES string of the molecule is CCOc1cccc(C(O)/C2=C/CCCCCC2)c1. The highest BCUT2D eigenvalue weighted by Crippen LogP contribution is 2.30. The van der Waals surface area contributed by atoms with E-state index in [1.54, 1.807) is 0 Å². The van der Waals surface area contributed by atoms with Crippen LogP contribution in [0.1, 0.15) is 57.1 Å². The van der Waals surface area contributed by atoms with Crippen LogP contribution in [-0.2, 0) is 0 Å². The summed E-state index contributed by atoms with van der Waals surface area (Å²) in [6, 6.07) is 7.82. The molecule has 19 heavy (non-hydrogen) atoms. The molecule has 1 aromatic carbocycles. The van der Waals surface area contributed by atoms with Gasteiger partial charge in [-0.15, -0.1) is 0 Å². The first-order valence-corrected chi connectivity index (χ1v) is 7.41. The van der Waals surface area contributed by atoms with Gasteiger partial charge in [-0.3, -0.25) is 0 Å². The lowest BCUT2D eigenvalue weighted by Crippen LogP contribution is -2.04. The predicted molar refractivity (Wildman–Crippen MR) is 78.4 cm³/mol. The molecule has 2 heteroatoms. The van der Waals surface area contributed by atoms with Crippen molar-refractivity contribution in [3.8, 4) is 5.75 Å². The first-order chi connectivity index (χ1) is 9.31. The molecule has 0 fully saturated rings. The van der Waals surface area contributed by atoms with Crippen molar-refractivity contribution in [2.24, 2.45) is 0 Å². The van der Waals surface area contributed by atoms with E-state index in [0.29, 0.717) is 6.61 Å². The molecule has 1 N–H and O–H groups in total. The molecule has 0 radical (unpaired) electrons. The van der Waals surface area contributed by atoms with Crippen molar-refractivity contribution in [3.63, 3.8) is 0 Å². The molecular formula is C17H24O2. The number of hydrogen-bond acceptors (Lipinski definition) is 2. The summed E-state index contributed by atoms with van der Waals surface area (Å²) >= 11 is 0. The molecule has 0 bridgehead atoms. The van der Waals surface area contributed by atoms with Crippen LogP contribution in [0.5, 0.6) is 5.75 Å². The van der Waals surface area contributed by atoms with E-state index in [9.17, 15) is 5.11 Å². The molecule has 1 aliphatic carbocycles. The number of hydrogen-bond donors (Lipinski definition) is 1. The quantitative estimate of drug-likeness (QED) is 0.813. The lowest BCUT2D eigenvalue weighted by Gasteiger charge is -2.18. The van der Waals surface area contributed by atoms with Crippen molar-refractivity contribution < 1.29 is 9.84 Å². The number of allylic oxidation sites excluding steroid dienone is 1. The second kappa shape index (κ2) is 7.34. The van der Waals surface area contributed by atoms with Gasteiger partial charge >= 0.3 is 0 Å². The molecule has 2 rings (SSSR count). The van der Waals surface area contributed by atoms with Crippen molar-refractivity contribution in [1.29, 1.82) is 0 Å². The van der Waals surface area contributed by atoms with Gasteiger partial charge in [0.15, 0.2) is 0 Å². The summed E-state index contributed by atoms with van der Waals surface area (Å²) < 4.78 is 5.50. The van der Waals surface area contributed by atoms with Gasteiger partial charge in [-0.2, -0.15) is 0 Å². The van der Waals surface area contributed by atoms with Crippen molar-refractivity contribution >= 4 is 0 Å². The maximum absolute atomic E-state index is 10.5. The summed E-state index contributed by atoms with van der Waals surface area (Å²) in [5, 5.41) is 10.5. The van der Waals surface area contributed by atoms with E-state index in [1.165, 1.54) is 31.3 Å². The molecule has 0 heterocycles. The maximum atomic E-state index is 10.5. The van der Waals surface area contributed by atoms with Crippen LogP contribution in [0.15, 0.2) is 35.9 Å². The zero-order chi connectivity index (χ0) is 13.5. The van der Waals surface area contributed by atoms with E-state index in [2.05, 4.69) is 6.08 Å². The molecule has 1 atom stereocenters. The van der Waals surface area contributed by atoms with Crippen LogP contribution in [0.3, 0.4) is 0 Å². The summed E-state index contributed by atoms with van der Waals surface area (Å²) in [6.45, 7) is 2.63. The smallest absolute Gasteiger partial charge is 0.119 e. The summed E-state index contributed by atoms with van der Waals surface area (Å²) in [4.78, 5) is 0. The minimum Gasteiger partial charge on any atom is -0.494 e. The average Bonchev–Trinajstić information content (AvgIpc) is 2.38. The van der Waals surface area contributed by atoms with Crippen LogP contribution in [0.2, 0.25) is 0 Å². The average molecular weight is 260 g/mol. The monoisotopic (exact) mass is 260 g/mol. The maximum Gasteiger partial charge on any atom is 0.119 e. The molecule has 0 amide bonds. The lowest BCUT2D eigenvalue weighted by atomic mass is 9.93. The fraction of sp³-hybridized carbons (Fsp3) is 0.529. The summed E-state index contributed by atoms with van der Waals surface area (Å²) in [5.41, 5.74) is 2.12. The molecule has 0 saturated heterocycles. The molecular weight excluding hydrogens is 236 g/mol. The summed E-state index contributed by atoms with van der Waals surface area (Å²) in [7, 11) is 0. The number of benzene rings is 1. The topological polar surface area (TPSA) is 29.5 Å². The van der Waals surface area contributed by atoms with Crippen molar-refractivity contribution in [3.05, 3.63) is 41.5 Å². The van der Waals surface area contributed by atoms with Gasteiger partial charge in [0.05, 0.1) is 6.61 Å². The molecule has 104 valence electrons. The van der Waals surface area contributed by atoms with Crippen molar-refractivity contribution in [2.75, 3.05) is 6.61 Å². The standard InChI is InChI=1S/C17H24O2/c1-2-19-16-12-8-11-15(13-16)17(18)14-9-6-4-3-5-7-10-14/h8-9,11-13,17-18H,2-7,10H2,1H3/b14-9+.